The van der Waals surface area contributed by atoms with Gasteiger partial charge in [-0.05, 0) is 33.4 Å². The lowest BCUT2D eigenvalue weighted by Gasteiger charge is -2.31. The zero-order valence-corrected chi connectivity index (χ0v) is 15.8. The van der Waals surface area contributed by atoms with Crippen LogP contribution in [-0.4, -0.2) is 56.1 Å². The maximum absolute atomic E-state index is 12.7. The molecule has 0 saturated carbocycles. The van der Waals surface area contributed by atoms with E-state index in [1.807, 2.05) is 6.92 Å². The van der Waals surface area contributed by atoms with Gasteiger partial charge < -0.3 is 20.5 Å². The molecule has 0 aromatic carbocycles. The summed E-state index contributed by atoms with van der Waals surface area (Å²) >= 11 is 0. The summed E-state index contributed by atoms with van der Waals surface area (Å²) in [6.45, 7) is 4.72. The molecule has 142 valence electrons. The molecule has 25 heavy (non-hydrogen) atoms. The number of allylic oxidation sites excluding steroid dienone is 3. The van der Waals surface area contributed by atoms with Crippen LogP contribution in [0.25, 0.3) is 0 Å². The van der Waals surface area contributed by atoms with Crippen LogP contribution in [0.5, 0.6) is 0 Å². The van der Waals surface area contributed by atoms with Crippen LogP contribution in [0.15, 0.2) is 23.8 Å². The molecule has 0 aliphatic rings. The Labute approximate surface area is 150 Å². The number of terminal acetylenes is 1. The average Bonchev–Trinajstić information content (AvgIpc) is 2.61. The highest BCUT2D eigenvalue weighted by Gasteiger charge is 2.32. The van der Waals surface area contributed by atoms with E-state index < -0.39 is 30.8 Å². The van der Waals surface area contributed by atoms with Crippen molar-refractivity contribution in [3.05, 3.63) is 23.8 Å². The van der Waals surface area contributed by atoms with E-state index in [0.717, 1.165) is 0 Å². The Morgan fingerprint density at radius 3 is 2.52 bits per heavy atom. The number of ether oxygens (including phenoxy) is 1. The first kappa shape index (κ1) is 23.3. The molecule has 0 aromatic heterocycles. The van der Waals surface area contributed by atoms with E-state index in [1.165, 1.54) is 7.11 Å². The van der Waals surface area contributed by atoms with Crippen LogP contribution < -0.4 is 10.6 Å². The number of likely N-dealkylation sites (N-methyl/N-ethyl adjacent to an activating group) is 1. The van der Waals surface area contributed by atoms with Crippen LogP contribution in [-0.2, 0) is 9.53 Å². The lowest BCUT2D eigenvalue weighted by Crippen LogP contribution is -2.51. The van der Waals surface area contributed by atoms with E-state index in [9.17, 15) is 14.3 Å². The van der Waals surface area contributed by atoms with Gasteiger partial charge in [0.1, 0.15) is 6.10 Å². The number of aliphatic hydroxyl groups is 1. The second-order valence-corrected chi connectivity index (χ2v) is 5.90. The largest absolute Gasteiger partial charge is 0.386 e. The summed E-state index contributed by atoms with van der Waals surface area (Å²) in [5, 5.41) is 16.1. The Bertz CT molecular complexity index is 499. The highest BCUT2D eigenvalue weighted by atomic mass is 19.1. The summed E-state index contributed by atoms with van der Waals surface area (Å²) in [4.78, 5) is 12.5. The van der Waals surface area contributed by atoms with Gasteiger partial charge in [0.25, 0.3) is 0 Å². The first-order valence-corrected chi connectivity index (χ1v) is 8.41. The average molecular weight is 354 g/mol. The van der Waals surface area contributed by atoms with Crippen molar-refractivity contribution >= 4 is 5.91 Å². The number of hydrogen-bond acceptors (Lipinski definition) is 4. The molecular weight excluding hydrogens is 323 g/mol. The fourth-order valence-electron chi connectivity index (χ4n) is 2.59. The molecule has 3 N–H and O–H groups in total. The molecule has 0 heterocycles. The van der Waals surface area contributed by atoms with Crippen LogP contribution >= 0.6 is 0 Å². The SMILES string of the molecule is C#C/C(=C\C=C/C)C(O)C(C)NC(=O)C(C)C(OC)C(CCF)NC. The van der Waals surface area contributed by atoms with Gasteiger partial charge in [-0.3, -0.25) is 9.18 Å². The Morgan fingerprint density at radius 1 is 1.44 bits per heavy atom. The molecule has 0 fully saturated rings. The standard InChI is InChI=1S/C19H31FN2O3/c1-7-9-10-15(8-2)17(23)14(4)22-19(24)13(3)18(25-6)16(21-5)11-12-20/h2,7,9-10,13-14,16-18,21,23H,11-12H2,1,3-6H3,(H,22,24)/b9-7-,15-10+. The van der Waals surface area contributed by atoms with Gasteiger partial charge >= 0.3 is 0 Å². The summed E-state index contributed by atoms with van der Waals surface area (Å²) in [5.74, 6) is 1.61. The van der Waals surface area contributed by atoms with E-state index in [4.69, 9.17) is 11.2 Å². The lowest BCUT2D eigenvalue weighted by atomic mass is 9.94. The molecule has 5 unspecified atom stereocenters. The van der Waals surface area contributed by atoms with Crippen LogP contribution in [0, 0.1) is 18.3 Å². The quantitative estimate of drug-likeness (QED) is 0.389. The Kier molecular flexibility index (Phi) is 11.8. The monoisotopic (exact) mass is 354 g/mol. The van der Waals surface area contributed by atoms with Crippen molar-refractivity contribution < 1.29 is 19.0 Å². The van der Waals surface area contributed by atoms with E-state index in [1.54, 1.807) is 39.1 Å². The first-order valence-electron chi connectivity index (χ1n) is 8.41. The molecule has 5 nitrogen and oxygen atoms in total. The van der Waals surface area contributed by atoms with Crippen molar-refractivity contribution in [3.63, 3.8) is 0 Å². The number of rotatable bonds is 11. The van der Waals surface area contributed by atoms with E-state index >= 15 is 0 Å². The Hall–Kier alpha value is -1.68. The molecule has 0 aromatic rings. The Morgan fingerprint density at radius 2 is 2.08 bits per heavy atom. The molecule has 5 atom stereocenters. The first-order chi connectivity index (χ1) is 11.9. The van der Waals surface area contributed by atoms with Gasteiger partial charge in [-0.15, -0.1) is 6.42 Å². The zero-order chi connectivity index (χ0) is 19.4. The molecule has 0 aliphatic carbocycles. The maximum Gasteiger partial charge on any atom is 0.225 e. The smallest absolute Gasteiger partial charge is 0.225 e. The molecule has 0 radical (unpaired) electrons. The normalized spacial score (nSPS) is 18.2. The number of methoxy groups -OCH3 is 1. The highest BCUT2D eigenvalue weighted by Crippen LogP contribution is 2.15. The van der Waals surface area contributed by atoms with Crippen LogP contribution in [0.2, 0.25) is 0 Å². The number of alkyl halides is 1. The molecule has 0 bridgehead atoms. The summed E-state index contributed by atoms with van der Waals surface area (Å²) < 4.78 is 18.1. The third kappa shape index (κ3) is 7.39. The minimum absolute atomic E-state index is 0.248. The van der Waals surface area contributed by atoms with Crippen molar-refractivity contribution in [3.8, 4) is 12.3 Å². The topological polar surface area (TPSA) is 70.6 Å². The van der Waals surface area contributed by atoms with Crippen molar-refractivity contribution in [1.29, 1.82) is 0 Å². The van der Waals surface area contributed by atoms with Gasteiger partial charge in [0.15, 0.2) is 0 Å². The molecular formula is C19H31FN2O3. The fourth-order valence-corrected chi connectivity index (χ4v) is 2.59. The molecule has 0 spiro atoms. The minimum Gasteiger partial charge on any atom is -0.386 e. The van der Waals surface area contributed by atoms with Crippen molar-refractivity contribution in [1.82, 2.24) is 10.6 Å². The highest BCUT2D eigenvalue weighted by molar-refractivity contribution is 5.79. The minimum atomic E-state index is -0.996. The molecule has 0 rings (SSSR count). The number of amides is 1. The predicted molar refractivity (Wildman–Crippen MR) is 98.7 cm³/mol. The van der Waals surface area contributed by atoms with Gasteiger partial charge in [-0.2, -0.15) is 0 Å². The number of hydrogen-bond donors (Lipinski definition) is 3. The van der Waals surface area contributed by atoms with E-state index in [0.29, 0.717) is 5.57 Å². The summed E-state index contributed by atoms with van der Waals surface area (Å²) in [6, 6.07) is -0.860. The Balaban J connectivity index is 5.02. The maximum atomic E-state index is 12.7. The molecule has 6 heteroatoms. The van der Waals surface area contributed by atoms with Crippen molar-refractivity contribution in [2.45, 2.75) is 51.5 Å². The van der Waals surface area contributed by atoms with E-state index in [2.05, 4.69) is 16.6 Å². The van der Waals surface area contributed by atoms with Crippen molar-refractivity contribution in [2.75, 3.05) is 20.8 Å². The number of carbonyl (C=O) groups is 1. The van der Waals surface area contributed by atoms with Gasteiger partial charge in [0, 0.05) is 18.7 Å². The van der Waals surface area contributed by atoms with E-state index in [-0.39, 0.29) is 18.4 Å². The predicted octanol–water partition coefficient (Wildman–Crippen LogP) is 1.59. The van der Waals surface area contributed by atoms with Crippen molar-refractivity contribution in [2.24, 2.45) is 5.92 Å². The third-order valence-corrected chi connectivity index (χ3v) is 4.16. The number of nitrogens with one attached hydrogen (secondary N) is 2. The molecule has 1 amide bonds. The number of halogens is 1. The van der Waals surface area contributed by atoms with Crippen LogP contribution in [0.4, 0.5) is 4.39 Å². The van der Waals surface area contributed by atoms with Crippen LogP contribution in [0.3, 0.4) is 0 Å². The van der Waals surface area contributed by atoms with Gasteiger partial charge in [0.05, 0.1) is 24.7 Å². The van der Waals surface area contributed by atoms with Gasteiger partial charge in [-0.25, -0.2) is 0 Å². The number of carbonyl (C=O) groups excluding carboxylic acids is 1. The summed E-state index contributed by atoms with van der Waals surface area (Å²) in [7, 11) is 3.19. The van der Waals surface area contributed by atoms with Crippen LogP contribution in [0.1, 0.15) is 27.2 Å². The lowest BCUT2D eigenvalue weighted by molar-refractivity contribution is -0.131. The third-order valence-electron chi connectivity index (χ3n) is 4.16. The molecule has 0 saturated heterocycles. The van der Waals surface area contributed by atoms with Gasteiger partial charge in [-0.1, -0.05) is 25.0 Å². The summed E-state index contributed by atoms with van der Waals surface area (Å²) in [6.07, 6.45) is 9.33. The molecule has 0 aliphatic heterocycles. The second-order valence-electron chi connectivity index (χ2n) is 5.90. The fraction of sp³-hybridized carbons (Fsp3) is 0.632. The zero-order valence-electron chi connectivity index (χ0n) is 15.8. The summed E-state index contributed by atoms with van der Waals surface area (Å²) in [5.41, 5.74) is 0.382. The number of aliphatic hydroxyl groups excluding tert-OH is 1. The second kappa shape index (κ2) is 12.6. The van der Waals surface area contributed by atoms with Gasteiger partial charge in [0.2, 0.25) is 5.91 Å².